The van der Waals surface area contributed by atoms with Gasteiger partial charge in [0.15, 0.2) is 0 Å². The summed E-state index contributed by atoms with van der Waals surface area (Å²) < 4.78 is 1.21. The minimum absolute atomic E-state index is 0.946. The Kier molecular flexibility index (Phi) is 3.66. The van der Waals surface area contributed by atoms with E-state index in [1.54, 1.807) is 11.3 Å². The van der Waals surface area contributed by atoms with Crippen LogP contribution in [0, 0.1) is 6.92 Å². The normalized spacial score (nSPS) is 10.4. The van der Waals surface area contributed by atoms with Gasteiger partial charge in [-0.3, -0.25) is 0 Å². The van der Waals surface area contributed by atoms with Crippen LogP contribution < -0.4 is 4.90 Å². The number of hydrogen-bond acceptors (Lipinski definition) is 2. The van der Waals surface area contributed by atoms with Crippen LogP contribution in [0.4, 0.5) is 5.69 Å². The maximum absolute atomic E-state index is 3.56. The minimum Gasteiger partial charge on any atom is -0.369 e. The second kappa shape index (κ2) is 5.02. The van der Waals surface area contributed by atoms with Crippen molar-refractivity contribution in [1.82, 2.24) is 0 Å². The summed E-state index contributed by atoms with van der Waals surface area (Å²) in [5.41, 5.74) is 2.56. The maximum Gasteiger partial charge on any atom is 0.0530 e. The van der Waals surface area contributed by atoms with Crippen molar-refractivity contribution in [3.63, 3.8) is 0 Å². The molecule has 3 heteroatoms. The fraction of sp³-hybridized carbons (Fsp3) is 0.231. The molecule has 0 atom stereocenters. The first-order valence-corrected chi connectivity index (χ1v) is 6.84. The molecule has 0 bridgehead atoms. The second-order valence-electron chi connectivity index (χ2n) is 3.88. The van der Waals surface area contributed by atoms with E-state index < -0.39 is 0 Å². The Balaban J connectivity index is 2.11. The van der Waals surface area contributed by atoms with Gasteiger partial charge in [0.1, 0.15) is 0 Å². The lowest BCUT2D eigenvalue weighted by Crippen LogP contribution is -2.15. The van der Waals surface area contributed by atoms with Gasteiger partial charge in [-0.15, -0.1) is 11.3 Å². The van der Waals surface area contributed by atoms with E-state index in [4.69, 9.17) is 0 Å². The van der Waals surface area contributed by atoms with Crippen molar-refractivity contribution in [1.29, 1.82) is 0 Å². The Morgan fingerprint density at radius 2 is 1.88 bits per heavy atom. The fourth-order valence-electron chi connectivity index (χ4n) is 1.54. The van der Waals surface area contributed by atoms with Crippen molar-refractivity contribution in [3.8, 4) is 0 Å². The molecular formula is C13H14BrNS. The Hall–Kier alpha value is -0.800. The molecule has 0 aliphatic heterocycles. The van der Waals surface area contributed by atoms with Crippen LogP contribution in [-0.4, -0.2) is 7.05 Å². The molecule has 0 fully saturated rings. The van der Waals surface area contributed by atoms with E-state index >= 15 is 0 Å². The van der Waals surface area contributed by atoms with Crippen molar-refractivity contribution < 1.29 is 0 Å². The number of aryl methyl sites for hydroxylation is 1. The van der Waals surface area contributed by atoms with E-state index in [1.807, 2.05) is 0 Å². The Morgan fingerprint density at radius 1 is 1.19 bits per heavy atom. The van der Waals surface area contributed by atoms with Gasteiger partial charge in [-0.25, -0.2) is 0 Å². The van der Waals surface area contributed by atoms with Crippen molar-refractivity contribution in [2.24, 2.45) is 0 Å². The van der Waals surface area contributed by atoms with Crippen LogP contribution in [0.1, 0.15) is 10.4 Å². The number of benzene rings is 1. The zero-order valence-electron chi connectivity index (χ0n) is 9.40. The lowest BCUT2D eigenvalue weighted by Gasteiger charge is -2.18. The first-order valence-electron chi connectivity index (χ1n) is 5.16. The molecule has 16 heavy (non-hydrogen) atoms. The number of hydrogen-bond donors (Lipinski definition) is 0. The van der Waals surface area contributed by atoms with Gasteiger partial charge in [0.05, 0.1) is 6.54 Å². The molecule has 0 amide bonds. The Morgan fingerprint density at radius 3 is 2.44 bits per heavy atom. The molecule has 84 valence electrons. The highest BCUT2D eigenvalue weighted by molar-refractivity contribution is 9.10. The molecule has 0 spiro atoms. The summed E-state index contributed by atoms with van der Waals surface area (Å²) >= 11 is 5.35. The molecule has 2 rings (SSSR count). The van der Waals surface area contributed by atoms with Gasteiger partial charge in [-0.05, 0) is 46.4 Å². The van der Waals surface area contributed by atoms with Gasteiger partial charge in [-0.1, -0.05) is 17.7 Å². The standard InChI is InChI=1S/C13H14BrNS/c1-10-3-5-11(6-4-10)15(2)9-13-12(14)7-8-16-13/h3-8H,9H2,1-2H3. The van der Waals surface area contributed by atoms with Gasteiger partial charge in [0.25, 0.3) is 0 Å². The van der Waals surface area contributed by atoms with Crippen LogP contribution in [0.2, 0.25) is 0 Å². The van der Waals surface area contributed by atoms with Crippen molar-refractivity contribution in [3.05, 3.63) is 50.6 Å². The zero-order valence-corrected chi connectivity index (χ0v) is 11.8. The second-order valence-corrected chi connectivity index (χ2v) is 5.74. The van der Waals surface area contributed by atoms with Crippen LogP contribution in [0.25, 0.3) is 0 Å². The van der Waals surface area contributed by atoms with E-state index in [0.29, 0.717) is 0 Å². The first-order chi connectivity index (χ1) is 7.66. The largest absolute Gasteiger partial charge is 0.369 e. The van der Waals surface area contributed by atoms with Gasteiger partial charge in [0, 0.05) is 22.1 Å². The monoisotopic (exact) mass is 295 g/mol. The highest BCUT2D eigenvalue weighted by Crippen LogP contribution is 2.25. The third-order valence-corrected chi connectivity index (χ3v) is 4.46. The average Bonchev–Trinajstić information content (AvgIpc) is 2.65. The molecule has 1 nitrogen and oxygen atoms in total. The SMILES string of the molecule is Cc1ccc(N(C)Cc2sccc2Br)cc1. The van der Waals surface area contributed by atoms with Crippen LogP contribution in [0.3, 0.4) is 0 Å². The summed E-state index contributed by atoms with van der Waals surface area (Å²) in [7, 11) is 2.12. The molecule has 0 N–H and O–H groups in total. The number of rotatable bonds is 3. The van der Waals surface area contributed by atoms with E-state index in [-0.39, 0.29) is 0 Å². The average molecular weight is 296 g/mol. The molecule has 0 saturated carbocycles. The van der Waals surface area contributed by atoms with Crippen LogP contribution in [0.15, 0.2) is 40.2 Å². The van der Waals surface area contributed by atoms with E-state index in [9.17, 15) is 0 Å². The topological polar surface area (TPSA) is 3.24 Å². The number of nitrogens with zero attached hydrogens (tertiary/aromatic N) is 1. The predicted molar refractivity (Wildman–Crippen MR) is 75.3 cm³/mol. The summed E-state index contributed by atoms with van der Waals surface area (Å²) in [4.78, 5) is 3.62. The number of thiophene rings is 1. The van der Waals surface area contributed by atoms with E-state index in [0.717, 1.165) is 6.54 Å². The molecule has 0 saturated heterocycles. The first kappa shape index (κ1) is 11.7. The summed E-state index contributed by atoms with van der Waals surface area (Å²) in [5.74, 6) is 0. The van der Waals surface area contributed by atoms with Crippen molar-refractivity contribution in [2.75, 3.05) is 11.9 Å². The quantitative estimate of drug-likeness (QED) is 0.808. The summed E-state index contributed by atoms with van der Waals surface area (Å²) in [6.45, 7) is 3.06. The van der Waals surface area contributed by atoms with Crippen LogP contribution in [0.5, 0.6) is 0 Å². The third kappa shape index (κ3) is 2.66. The maximum atomic E-state index is 3.56. The highest BCUT2D eigenvalue weighted by Gasteiger charge is 2.06. The molecule has 0 radical (unpaired) electrons. The predicted octanol–water partition coefficient (Wildman–Crippen LogP) is 4.46. The highest BCUT2D eigenvalue weighted by atomic mass is 79.9. The van der Waals surface area contributed by atoms with E-state index in [2.05, 4.69) is 70.5 Å². The molecule has 0 unspecified atom stereocenters. The molecule has 1 aromatic carbocycles. The molecule has 1 heterocycles. The van der Waals surface area contributed by atoms with E-state index in [1.165, 1.54) is 20.6 Å². The van der Waals surface area contributed by atoms with Crippen molar-refractivity contribution >= 4 is 33.0 Å². The molecule has 0 aliphatic rings. The molecule has 0 aliphatic carbocycles. The third-order valence-electron chi connectivity index (χ3n) is 2.55. The number of halogens is 1. The Bertz CT molecular complexity index is 461. The summed E-state index contributed by atoms with van der Waals surface area (Å²) in [6.07, 6.45) is 0. The zero-order chi connectivity index (χ0) is 11.5. The van der Waals surface area contributed by atoms with Gasteiger partial charge >= 0.3 is 0 Å². The summed E-state index contributed by atoms with van der Waals surface area (Å²) in [6, 6.07) is 10.7. The smallest absolute Gasteiger partial charge is 0.0530 e. The lowest BCUT2D eigenvalue weighted by atomic mass is 10.2. The summed E-state index contributed by atoms with van der Waals surface area (Å²) in [5, 5.41) is 2.11. The Labute approximate surface area is 109 Å². The number of anilines is 1. The van der Waals surface area contributed by atoms with Crippen LogP contribution in [-0.2, 0) is 6.54 Å². The van der Waals surface area contributed by atoms with Gasteiger partial charge in [-0.2, -0.15) is 0 Å². The lowest BCUT2D eigenvalue weighted by molar-refractivity contribution is 0.936. The van der Waals surface area contributed by atoms with Crippen LogP contribution >= 0.6 is 27.3 Å². The molecular weight excluding hydrogens is 282 g/mol. The minimum atomic E-state index is 0.946. The van der Waals surface area contributed by atoms with Crippen molar-refractivity contribution in [2.45, 2.75) is 13.5 Å². The molecule has 1 aromatic heterocycles. The fourth-order valence-corrected chi connectivity index (χ4v) is 3.07. The van der Waals surface area contributed by atoms with Gasteiger partial charge in [0.2, 0.25) is 0 Å². The van der Waals surface area contributed by atoms with Gasteiger partial charge < -0.3 is 4.90 Å². The molecule has 2 aromatic rings.